The SMILES string of the molecule is CCNC(=NCCNC(=O)c1ccco1)N1CCC2(CCOC2)C1. The maximum Gasteiger partial charge on any atom is 0.287 e. The number of carbonyl (C=O) groups excluding carboxylic acids is 1. The van der Waals surface area contributed by atoms with Crippen LogP contribution in [0.15, 0.2) is 27.8 Å². The highest BCUT2D eigenvalue weighted by atomic mass is 16.5. The lowest BCUT2D eigenvalue weighted by Crippen LogP contribution is -2.42. The molecule has 0 radical (unpaired) electrons. The molecule has 3 rings (SSSR count). The first-order valence-electron chi connectivity index (χ1n) is 8.65. The van der Waals surface area contributed by atoms with Gasteiger partial charge in [-0.05, 0) is 31.9 Å². The standard InChI is InChI=1S/C17H26N4O3/c1-2-18-16(21-9-5-17(12-21)6-11-23-13-17)20-8-7-19-15(22)14-4-3-10-24-14/h3-4,10H,2,5-9,11-13H2,1H3,(H,18,20)(H,19,22). The van der Waals surface area contributed by atoms with Crippen LogP contribution in [0, 0.1) is 5.41 Å². The van der Waals surface area contributed by atoms with E-state index in [1.165, 1.54) is 6.26 Å². The predicted molar refractivity (Wildman–Crippen MR) is 91.1 cm³/mol. The maximum atomic E-state index is 11.8. The van der Waals surface area contributed by atoms with Crippen molar-refractivity contribution in [3.05, 3.63) is 24.2 Å². The number of carbonyl (C=O) groups is 1. The number of rotatable bonds is 5. The Labute approximate surface area is 142 Å². The summed E-state index contributed by atoms with van der Waals surface area (Å²) in [5, 5.41) is 6.17. The van der Waals surface area contributed by atoms with Crippen molar-refractivity contribution < 1.29 is 13.9 Å². The minimum Gasteiger partial charge on any atom is -0.459 e. The Bertz CT molecular complexity index is 564. The Morgan fingerprint density at radius 2 is 2.33 bits per heavy atom. The van der Waals surface area contributed by atoms with Crippen molar-refractivity contribution in [2.75, 3.05) is 45.9 Å². The third-order valence-corrected chi connectivity index (χ3v) is 4.66. The lowest BCUT2D eigenvalue weighted by atomic mass is 9.87. The van der Waals surface area contributed by atoms with E-state index in [9.17, 15) is 4.79 Å². The number of nitrogens with one attached hydrogen (secondary N) is 2. The Kier molecular flexibility index (Phi) is 5.40. The molecule has 2 saturated heterocycles. The van der Waals surface area contributed by atoms with Gasteiger partial charge in [0.25, 0.3) is 5.91 Å². The van der Waals surface area contributed by atoms with E-state index in [1.807, 2.05) is 0 Å². The quantitative estimate of drug-likeness (QED) is 0.479. The molecular formula is C17H26N4O3. The summed E-state index contributed by atoms with van der Waals surface area (Å²) in [5.41, 5.74) is 0.309. The Morgan fingerprint density at radius 3 is 3.04 bits per heavy atom. The molecule has 2 fully saturated rings. The Balaban J connectivity index is 1.49. The number of furan rings is 1. The smallest absolute Gasteiger partial charge is 0.287 e. The van der Waals surface area contributed by atoms with Gasteiger partial charge in [-0.2, -0.15) is 0 Å². The van der Waals surface area contributed by atoms with E-state index in [0.717, 1.165) is 51.6 Å². The molecule has 1 unspecified atom stereocenters. The van der Waals surface area contributed by atoms with Crippen LogP contribution in [0.3, 0.4) is 0 Å². The molecule has 0 aromatic carbocycles. The molecule has 24 heavy (non-hydrogen) atoms. The minimum absolute atomic E-state index is 0.205. The summed E-state index contributed by atoms with van der Waals surface area (Å²) in [6, 6.07) is 3.35. The molecule has 2 aliphatic heterocycles. The van der Waals surface area contributed by atoms with Gasteiger partial charge in [-0.3, -0.25) is 9.79 Å². The van der Waals surface area contributed by atoms with Crippen LogP contribution in [0.1, 0.15) is 30.3 Å². The fraction of sp³-hybridized carbons (Fsp3) is 0.647. The number of hydrogen-bond donors (Lipinski definition) is 2. The average molecular weight is 334 g/mol. The zero-order chi connectivity index (χ0) is 16.8. The van der Waals surface area contributed by atoms with Crippen molar-refractivity contribution in [3.63, 3.8) is 0 Å². The fourth-order valence-corrected chi connectivity index (χ4v) is 3.34. The summed E-state index contributed by atoms with van der Waals surface area (Å²) in [5.74, 6) is 1.05. The monoisotopic (exact) mass is 334 g/mol. The molecule has 1 spiro atoms. The summed E-state index contributed by atoms with van der Waals surface area (Å²) in [7, 11) is 0. The highest BCUT2D eigenvalue weighted by molar-refractivity contribution is 5.91. The average Bonchev–Trinajstić information content (AvgIpc) is 3.34. The first kappa shape index (κ1) is 16.8. The molecule has 7 nitrogen and oxygen atoms in total. The molecule has 0 saturated carbocycles. The highest BCUT2D eigenvalue weighted by Crippen LogP contribution is 2.38. The summed E-state index contributed by atoms with van der Waals surface area (Å²) < 4.78 is 10.7. The van der Waals surface area contributed by atoms with Crippen molar-refractivity contribution in [3.8, 4) is 0 Å². The summed E-state index contributed by atoms with van der Waals surface area (Å²) in [4.78, 5) is 18.8. The van der Waals surface area contributed by atoms with Crippen molar-refractivity contribution in [1.82, 2.24) is 15.5 Å². The number of ether oxygens (including phenoxy) is 1. The van der Waals surface area contributed by atoms with Crippen LogP contribution >= 0.6 is 0 Å². The van der Waals surface area contributed by atoms with Crippen molar-refractivity contribution in [2.45, 2.75) is 19.8 Å². The van der Waals surface area contributed by atoms with E-state index in [0.29, 0.717) is 24.3 Å². The largest absolute Gasteiger partial charge is 0.459 e. The second kappa shape index (κ2) is 7.70. The molecule has 1 atom stereocenters. The molecular weight excluding hydrogens is 308 g/mol. The number of likely N-dealkylation sites (tertiary alicyclic amines) is 1. The second-order valence-electron chi connectivity index (χ2n) is 6.44. The molecule has 0 aliphatic carbocycles. The number of hydrogen-bond acceptors (Lipinski definition) is 4. The van der Waals surface area contributed by atoms with Crippen molar-refractivity contribution in [2.24, 2.45) is 10.4 Å². The van der Waals surface area contributed by atoms with Crippen LogP contribution in [0.4, 0.5) is 0 Å². The van der Waals surface area contributed by atoms with Crippen LogP contribution in [0.25, 0.3) is 0 Å². The van der Waals surface area contributed by atoms with Crippen molar-refractivity contribution >= 4 is 11.9 Å². The third kappa shape index (κ3) is 3.90. The molecule has 3 heterocycles. The number of amides is 1. The number of nitrogens with zero attached hydrogens (tertiary/aromatic N) is 2. The van der Waals surface area contributed by atoms with E-state index in [2.05, 4.69) is 27.4 Å². The molecule has 132 valence electrons. The summed E-state index contributed by atoms with van der Waals surface area (Å²) >= 11 is 0. The van der Waals surface area contributed by atoms with Gasteiger partial charge >= 0.3 is 0 Å². The van der Waals surface area contributed by atoms with Crippen LogP contribution in [0.5, 0.6) is 0 Å². The van der Waals surface area contributed by atoms with Gasteiger partial charge < -0.3 is 24.7 Å². The van der Waals surface area contributed by atoms with Crippen LogP contribution in [0.2, 0.25) is 0 Å². The zero-order valence-corrected chi connectivity index (χ0v) is 14.2. The van der Waals surface area contributed by atoms with Crippen LogP contribution in [-0.2, 0) is 4.74 Å². The lowest BCUT2D eigenvalue weighted by molar-refractivity contribution is 0.0927. The number of guanidine groups is 1. The predicted octanol–water partition coefficient (Wildman–Crippen LogP) is 1.09. The molecule has 1 aromatic rings. The Hall–Kier alpha value is -2.02. The van der Waals surface area contributed by atoms with Gasteiger partial charge in [0.05, 0.1) is 19.4 Å². The maximum absolute atomic E-state index is 11.8. The molecule has 1 aromatic heterocycles. The van der Waals surface area contributed by atoms with Gasteiger partial charge in [0.2, 0.25) is 0 Å². The fourth-order valence-electron chi connectivity index (χ4n) is 3.34. The molecule has 1 amide bonds. The lowest BCUT2D eigenvalue weighted by Gasteiger charge is -2.25. The number of aliphatic imine (C=N–C) groups is 1. The molecule has 2 aliphatic rings. The van der Waals surface area contributed by atoms with Gasteiger partial charge in [0, 0.05) is 38.2 Å². The molecule has 0 bridgehead atoms. The van der Waals surface area contributed by atoms with E-state index in [1.54, 1.807) is 12.1 Å². The van der Waals surface area contributed by atoms with Gasteiger partial charge in [0.1, 0.15) is 0 Å². The Morgan fingerprint density at radius 1 is 1.42 bits per heavy atom. The van der Waals surface area contributed by atoms with Crippen LogP contribution in [-0.4, -0.2) is 62.7 Å². The molecule has 2 N–H and O–H groups in total. The van der Waals surface area contributed by atoms with E-state index >= 15 is 0 Å². The highest BCUT2D eigenvalue weighted by Gasteiger charge is 2.42. The third-order valence-electron chi connectivity index (χ3n) is 4.66. The van der Waals surface area contributed by atoms with E-state index in [-0.39, 0.29) is 5.91 Å². The van der Waals surface area contributed by atoms with Gasteiger partial charge in [-0.25, -0.2) is 0 Å². The first-order chi connectivity index (χ1) is 11.7. The normalized spacial score (nSPS) is 23.9. The topological polar surface area (TPSA) is 79.1 Å². The zero-order valence-electron chi connectivity index (χ0n) is 14.2. The van der Waals surface area contributed by atoms with E-state index in [4.69, 9.17) is 9.15 Å². The van der Waals surface area contributed by atoms with Crippen molar-refractivity contribution in [1.29, 1.82) is 0 Å². The summed E-state index contributed by atoms with van der Waals surface area (Å²) in [6.45, 7) is 7.66. The van der Waals surface area contributed by atoms with Gasteiger partial charge in [0.15, 0.2) is 11.7 Å². The second-order valence-corrected chi connectivity index (χ2v) is 6.44. The minimum atomic E-state index is -0.205. The van der Waals surface area contributed by atoms with Gasteiger partial charge in [-0.1, -0.05) is 0 Å². The summed E-state index contributed by atoms with van der Waals surface area (Å²) in [6.07, 6.45) is 3.79. The van der Waals surface area contributed by atoms with E-state index < -0.39 is 0 Å². The molecule has 7 heteroatoms. The van der Waals surface area contributed by atoms with Gasteiger partial charge in [-0.15, -0.1) is 0 Å². The first-order valence-corrected chi connectivity index (χ1v) is 8.65. The van der Waals surface area contributed by atoms with Crippen LogP contribution < -0.4 is 10.6 Å².